The van der Waals surface area contributed by atoms with Gasteiger partial charge in [-0.15, -0.1) is 0 Å². The Labute approximate surface area is 165 Å². The van der Waals surface area contributed by atoms with E-state index in [0.29, 0.717) is 12.1 Å². The van der Waals surface area contributed by atoms with Gasteiger partial charge in [0.25, 0.3) is 5.91 Å². The fourth-order valence-corrected chi connectivity index (χ4v) is 3.24. The van der Waals surface area contributed by atoms with Crippen molar-refractivity contribution in [3.63, 3.8) is 0 Å². The van der Waals surface area contributed by atoms with E-state index in [-0.39, 0.29) is 5.91 Å². The molecule has 8 heteroatoms. The Kier molecular flexibility index (Phi) is 4.14. The molecule has 0 atom stereocenters. The molecule has 5 aromatic rings. The van der Waals surface area contributed by atoms with Crippen molar-refractivity contribution in [3.05, 3.63) is 84.7 Å². The summed E-state index contributed by atoms with van der Waals surface area (Å²) in [5.74, 6) is -0.159. The molecule has 5 rings (SSSR count). The number of hydrogen-bond donors (Lipinski definition) is 3. The summed E-state index contributed by atoms with van der Waals surface area (Å²) in [6.07, 6.45) is 9.01. The molecular weight excluding hydrogens is 366 g/mol. The fourth-order valence-electron chi connectivity index (χ4n) is 3.24. The highest BCUT2D eigenvalue weighted by Crippen LogP contribution is 2.18. The number of hydrogen-bond acceptors (Lipinski definition) is 5. The maximum absolute atomic E-state index is 12.6. The first-order chi connectivity index (χ1) is 14.3. The van der Waals surface area contributed by atoms with E-state index in [1.165, 1.54) is 0 Å². The van der Waals surface area contributed by atoms with Crippen LogP contribution in [0.15, 0.2) is 73.4 Å². The molecule has 142 valence electrons. The normalized spacial score (nSPS) is 11.0. The Balaban J connectivity index is 1.32. The monoisotopic (exact) mass is 383 g/mol. The van der Waals surface area contributed by atoms with Crippen LogP contribution in [0.2, 0.25) is 0 Å². The smallest absolute Gasteiger partial charge is 0.252 e. The molecule has 0 spiro atoms. The maximum atomic E-state index is 12.6. The second kappa shape index (κ2) is 7.08. The molecule has 0 saturated heterocycles. The lowest BCUT2D eigenvalue weighted by Crippen LogP contribution is -2.23. The van der Waals surface area contributed by atoms with Gasteiger partial charge in [-0.2, -0.15) is 5.10 Å². The molecule has 1 aromatic carbocycles. The van der Waals surface area contributed by atoms with Crippen LogP contribution in [-0.2, 0) is 6.54 Å². The van der Waals surface area contributed by atoms with Crippen LogP contribution in [0.3, 0.4) is 0 Å². The SMILES string of the molecule is O=C(NCc1cn2cc(Nc3cccnc3)ccc2n1)c1cccc2[nH]ncc12. The minimum atomic E-state index is -0.159. The second-order valence-corrected chi connectivity index (χ2v) is 6.60. The fraction of sp³-hybridized carbons (Fsp3) is 0.0476. The number of fused-ring (bicyclic) bond motifs is 2. The van der Waals surface area contributed by atoms with Crippen molar-refractivity contribution in [1.29, 1.82) is 0 Å². The van der Waals surface area contributed by atoms with Gasteiger partial charge in [0, 0.05) is 24.0 Å². The molecule has 0 radical (unpaired) electrons. The highest BCUT2D eigenvalue weighted by molar-refractivity contribution is 6.05. The Bertz CT molecular complexity index is 1310. The number of nitrogens with one attached hydrogen (secondary N) is 3. The third-order valence-corrected chi connectivity index (χ3v) is 4.61. The number of imidazole rings is 1. The minimum absolute atomic E-state index is 0.159. The van der Waals surface area contributed by atoms with Gasteiger partial charge in [0.2, 0.25) is 0 Å². The quantitative estimate of drug-likeness (QED) is 0.432. The number of aromatic nitrogens is 5. The van der Waals surface area contributed by atoms with Gasteiger partial charge in [0.1, 0.15) is 5.65 Å². The van der Waals surface area contributed by atoms with Crippen molar-refractivity contribution in [2.24, 2.45) is 0 Å². The van der Waals surface area contributed by atoms with E-state index in [4.69, 9.17) is 0 Å². The third-order valence-electron chi connectivity index (χ3n) is 4.61. The average Bonchev–Trinajstić information content (AvgIpc) is 3.38. The van der Waals surface area contributed by atoms with Crippen molar-refractivity contribution in [1.82, 2.24) is 29.9 Å². The molecule has 0 fully saturated rings. The number of pyridine rings is 2. The highest BCUT2D eigenvalue weighted by atomic mass is 16.1. The molecule has 0 aliphatic heterocycles. The van der Waals surface area contributed by atoms with Crippen LogP contribution < -0.4 is 10.6 Å². The molecule has 29 heavy (non-hydrogen) atoms. The first-order valence-electron chi connectivity index (χ1n) is 9.11. The summed E-state index contributed by atoms with van der Waals surface area (Å²) in [6, 6.07) is 13.2. The summed E-state index contributed by atoms with van der Waals surface area (Å²) >= 11 is 0. The van der Waals surface area contributed by atoms with E-state index >= 15 is 0 Å². The van der Waals surface area contributed by atoms with Crippen LogP contribution >= 0.6 is 0 Å². The molecule has 0 aliphatic carbocycles. The number of rotatable bonds is 5. The molecule has 4 aromatic heterocycles. The zero-order valence-corrected chi connectivity index (χ0v) is 15.3. The van der Waals surface area contributed by atoms with Gasteiger partial charge in [0.15, 0.2) is 0 Å². The molecule has 4 heterocycles. The highest BCUT2D eigenvalue weighted by Gasteiger charge is 2.11. The van der Waals surface area contributed by atoms with Crippen LogP contribution in [0, 0.1) is 0 Å². The van der Waals surface area contributed by atoms with Crippen LogP contribution in [-0.4, -0.2) is 30.5 Å². The lowest BCUT2D eigenvalue weighted by molar-refractivity contribution is 0.0952. The van der Waals surface area contributed by atoms with Crippen LogP contribution in [0.5, 0.6) is 0 Å². The predicted molar refractivity (Wildman–Crippen MR) is 110 cm³/mol. The molecule has 3 N–H and O–H groups in total. The number of amides is 1. The topological polar surface area (TPSA) is 100 Å². The number of anilines is 2. The Morgan fingerprint density at radius 2 is 2.00 bits per heavy atom. The lowest BCUT2D eigenvalue weighted by atomic mass is 10.1. The van der Waals surface area contributed by atoms with Gasteiger partial charge in [-0.1, -0.05) is 6.07 Å². The first kappa shape index (κ1) is 16.9. The van der Waals surface area contributed by atoms with Crippen LogP contribution in [0.1, 0.15) is 16.1 Å². The molecular formula is C21H17N7O. The largest absolute Gasteiger partial charge is 0.353 e. The molecule has 8 nitrogen and oxygen atoms in total. The zero-order valence-electron chi connectivity index (χ0n) is 15.3. The van der Waals surface area contributed by atoms with Gasteiger partial charge in [-0.3, -0.25) is 14.9 Å². The van der Waals surface area contributed by atoms with E-state index in [1.54, 1.807) is 24.7 Å². The number of aromatic amines is 1. The first-order valence-corrected chi connectivity index (χ1v) is 9.11. The van der Waals surface area contributed by atoms with E-state index in [9.17, 15) is 4.79 Å². The number of nitrogens with zero attached hydrogens (tertiary/aromatic N) is 4. The summed E-state index contributed by atoms with van der Waals surface area (Å²) in [4.78, 5) is 21.3. The number of H-pyrrole nitrogens is 1. The summed E-state index contributed by atoms with van der Waals surface area (Å²) in [5, 5.41) is 13.9. The summed E-state index contributed by atoms with van der Waals surface area (Å²) in [7, 11) is 0. The van der Waals surface area contributed by atoms with Crippen molar-refractivity contribution < 1.29 is 4.79 Å². The van der Waals surface area contributed by atoms with Crippen molar-refractivity contribution in [3.8, 4) is 0 Å². The average molecular weight is 383 g/mol. The molecule has 0 aliphatic rings. The summed E-state index contributed by atoms with van der Waals surface area (Å²) in [6.45, 7) is 0.333. The Hall–Kier alpha value is -4.20. The van der Waals surface area contributed by atoms with Crippen LogP contribution in [0.4, 0.5) is 11.4 Å². The molecule has 0 unspecified atom stereocenters. The number of benzene rings is 1. The van der Waals surface area contributed by atoms with Crippen LogP contribution in [0.25, 0.3) is 16.6 Å². The van der Waals surface area contributed by atoms with Crippen molar-refractivity contribution in [2.45, 2.75) is 6.54 Å². The number of carbonyl (C=O) groups excluding carboxylic acids is 1. The minimum Gasteiger partial charge on any atom is -0.353 e. The Morgan fingerprint density at radius 3 is 2.90 bits per heavy atom. The van der Waals surface area contributed by atoms with Gasteiger partial charge in [-0.25, -0.2) is 4.98 Å². The Morgan fingerprint density at radius 1 is 1.03 bits per heavy atom. The van der Waals surface area contributed by atoms with E-state index < -0.39 is 0 Å². The van der Waals surface area contributed by atoms with Gasteiger partial charge < -0.3 is 15.0 Å². The maximum Gasteiger partial charge on any atom is 0.252 e. The molecule has 1 amide bonds. The van der Waals surface area contributed by atoms with Gasteiger partial charge in [-0.05, 0) is 36.4 Å². The zero-order chi connectivity index (χ0) is 19.6. The van der Waals surface area contributed by atoms with E-state index in [1.807, 2.05) is 53.2 Å². The van der Waals surface area contributed by atoms with Crippen molar-refractivity contribution in [2.75, 3.05) is 5.32 Å². The van der Waals surface area contributed by atoms with E-state index in [0.717, 1.165) is 33.6 Å². The molecule has 0 bridgehead atoms. The molecule has 0 saturated carbocycles. The lowest BCUT2D eigenvalue weighted by Gasteiger charge is -2.05. The predicted octanol–water partition coefficient (Wildman–Crippen LogP) is 3.28. The third kappa shape index (κ3) is 3.39. The van der Waals surface area contributed by atoms with Gasteiger partial charge in [0.05, 0.1) is 47.1 Å². The standard InChI is InChI=1S/C21H17N7O/c29-21(17-4-1-5-19-18(17)11-24-27-19)23-10-16-13-28-12-15(6-7-20(28)26-16)25-14-3-2-8-22-9-14/h1-9,11-13,25H,10H2,(H,23,29)(H,24,27). The number of carbonyl (C=O) groups is 1. The second-order valence-electron chi connectivity index (χ2n) is 6.60. The van der Waals surface area contributed by atoms with Gasteiger partial charge >= 0.3 is 0 Å². The van der Waals surface area contributed by atoms with Crippen molar-refractivity contribution >= 4 is 33.8 Å². The summed E-state index contributed by atoms with van der Waals surface area (Å²) in [5.41, 5.74) is 4.83. The summed E-state index contributed by atoms with van der Waals surface area (Å²) < 4.78 is 1.93. The van der Waals surface area contributed by atoms with E-state index in [2.05, 4.69) is 30.8 Å².